The van der Waals surface area contributed by atoms with Crippen LogP contribution in [0.15, 0.2) is 24.3 Å². The third-order valence-corrected chi connectivity index (χ3v) is 17.2. The van der Waals surface area contributed by atoms with E-state index in [2.05, 4.69) is 29.8 Å². The lowest BCUT2D eigenvalue weighted by atomic mass is 9.97. The summed E-state index contributed by atoms with van der Waals surface area (Å²) in [5, 5.41) is 22.4. The van der Waals surface area contributed by atoms with Crippen LogP contribution in [-0.4, -0.2) is 177 Å². The normalized spacial score (nSPS) is 17.0. The fourth-order valence-corrected chi connectivity index (χ4v) is 11.8. The number of carbonyl (C=O) groups is 11. The molecule has 3 N–H and O–H groups in total. The van der Waals surface area contributed by atoms with Gasteiger partial charge in [-0.2, -0.15) is 4.74 Å². The molecular weight excluding hydrogens is 1350 g/mol. The molecule has 1 saturated heterocycles. The second-order valence-electron chi connectivity index (χ2n) is 27.0. The molecule has 0 aromatic heterocycles. The number of ether oxygens (including phenoxy) is 12. The Morgan fingerprint density at radius 1 is 0.462 bits per heavy atom. The monoisotopic (exact) mass is 1480 g/mol. The van der Waals surface area contributed by atoms with Gasteiger partial charge in [0.15, 0.2) is 56.2 Å². The Morgan fingerprint density at radius 3 is 1.25 bits per heavy atom. The number of hydrogen-bond acceptors (Lipinski definition) is 24. The Kier molecular flexibility index (Phi) is 48.8. The second kappa shape index (κ2) is 54.9. The molecule has 104 heavy (non-hydrogen) atoms. The summed E-state index contributed by atoms with van der Waals surface area (Å²) in [5.74, 6) is -9.34. The molecule has 0 spiro atoms. The fourth-order valence-electron chi connectivity index (χ4n) is 11.8. The van der Waals surface area contributed by atoms with Crippen LogP contribution in [-0.2, 0) is 107 Å². The van der Waals surface area contributed by atoms with Crippen LogP contribution in [0.3, 0.4) is 0 Å². The topological polar surface area (TPSA) is 361 Å². The highest BCUT2D eigenvalue weighted by atomic mass is 16.8. The van der Waals surface area contributed by atoms with E-state index in [-0.39, 0.29) is 6.54 Å². The third-order valence-electron chi connectivity index (χ3n) is 17.2. The van der Waals surface area contributed by atoms with E-state index < -0.39 is 153 Å². The first-order valence-corrected chi connectivity index (χ1v) is 37.8. The van der Waals surface area contributed by atoms with Crippen molar-refractivity contribution in [1.82, 2.24) is 16.0 Å². The quantitative estimate of drug-likeness (QED) is 0.0104. The van der Waals surface area contributed by atoms with Crippen LogP contribution in [0.25, 0.3) is 0 Å². The zero-order valence-electron chi connectivity index (χ0n) is 64.0. The lowest BCUT2D eigenvalue weighted by Crippen LogP contribution is -2.65. The number of esters is 8. The maximum atomic E-state index is 14.6. The van der Waals surface area contributed by atoms with Crippen LogP contribution in [0.5, 0.6) is 0 Å². The first kappa shape index (κ1) is 92.5. The van der Waals surface area contributed by atoms with Crippen molar-refractivity contribution < 1.29 is 114 Å². The third kappa shape index (κ3) is 42.4. The van der Waals surface area contributed by atoms with Gasteiger partial charge in [-0.1, -0.05) is 206 Å². The average molecular weight is 1480 g/mol. The predicted octanol–water partition coefficient (Wildman–Crippen LogP) is 12.0. The van der Waals surface area contributed by atoms with Gasteiger partial charge in [-0.05, 0) is 30.5 Å². The minimum absolute atomic E-state index is 0.315. The van der Waals surface area contributed by atoms with Gasteiger partial charge < -0.3 is 78.0 Å². The van der Waals surface area contributed by atoms with Gasteiger partial charge >= 0.3 is 59.9 Å². The Labute approximate surface area is 616 Å². The molecule has 1 heterocycles. The van der Waals surface area contributed by atoms with E-state index in [0.717, 1.165) is 107 Å². The molecule has 1 aromatic carbocycles. The van der Waals surface area contributed by atoms with Crippen molar-refractivity contribution in [3.8, 4) is 0 Å². The summed E-state index contributed by atoms with van der Waals surface area (Å²) < 4.78 is 68.0. The van der Waals surface area contributed by atoms with Crippen molar-refractivity contribution in [3.63, 3.8) is 0 Å². The number of hydroxylamine groups is 1. The molecule has 592 valence electrons. The van der Waals surface area contributed by atoms with Crippen LogP contribution in [0.4, 0.5) is 9.59 Å². The number of amides is 3. The van der Waals surface area contributed by atoms with Gasteiger partial charge in [-0.25, -0.2) is 9.59 Å². The number of rotatable bonds is 56. The molecule has 9 atom stereocenters. The van der Waals surface area contributed by atoms with Crippen LogP contribution in [0.1, 0.15) is 280 Å². The van der Waals surface area contributed by atoms with Crippen LogP contribution in [0, 0.1) is 5.21 Å². The van der Waals surface area contributed by atoms with Gasteiger partial charge in [0, 0.05) is 87.5 Å². The Hall–Kier alpha value is -7.62. The maximum absolute atomic E-state index is 14.6. The molecule has 28 nitrogen and oxygen atoms in total. The number of alkyl carbamates (subject to hydrolysis) is 2. The molecule has 1 aromatic rings. The van der Waals surface area contributed by atoms with Crippen molar-refractivity contribution in [2.75, 3.05) is 39.5 Å². The highest BCUT2D eigenvalue weighted by molar-refractivity contribution is 5.85. The van der Waals surface area contributed by atoms with E-state index in [1.54, 1.807) is 0 Å². The first-order chi connectivity index (χ1) is 49.7. The second-order valence-corrected chi connectivity index (χ2v) is 27.0. The molecule has 1 fully saturated rings. The summed E-state index contributed by atoms with van der Waals surface area (Å²) in [6.07, 6.45) is 17.9. The van der Waals surface area contributed by atoms with Crippen LogP contribution >= 0.6 is 0 Å². The molecule has 0 bridgehead atoms. The highest BCUT2D eigenvalue weighted by Gasteiger charge is 2.56. The summed E-state index contributed by atoms with van der Waals surface area (Å²) in [5.41, 5.74) is -0.951. The summed E-state index contributed by atoms with van der Waals surface area (Å²) in [6.45, 7) is 11.4. The zero-order valence-corrected chi connectivity index (χ0v) is 64.0. The molecule has 1 aliphatic rings. The van der Waals surface area contributed by atoms with Gasteiger partial charge in [0.2, 0.25) is 11.6 Å². The van der Waals surface area contributed by atoms with E-state index in [9.17, 15) is 57.9 Å². The minimum Gasteiger partial charge on any atom is -0.623 e. The van der Waals surface area contributed by atoms with Crippen LogP contribution < -0.4 is 16.0 Å². The summed E-state index contributed by atoms with van der Waals surface area (Å²) in [6, 6.07) is 6.09. The molecule has 3 amide bonds. The Morgan fingerprint density at radius 2 is 0.856 bits per heavy atom. The van der Waals surface area contributed by atoms with E-state index in [4.69, 9.17) is 56.8 Å². The summed E-state index contributed by atoms with van der Waals surface area (Å²) >= 11 is 0. The van der Waals surface area contributed by atoms with Gasteiger partial charge in [0.25, 0.3) is 5.91 Å². The number of carbonyl (C=O) groups excluding carboxylic acids is 11. The smallest absolute Gasteiger partial charge is 0.407 e. The van der Waals surface area contributed by atoms with E-state index in [0.29, 0.717) is 29.0 Å². The van der Waals surface area contributed by atoms with Crippen molar-refractivity contribution in [2.45, 2.75) is 336 Å². The zero-order chi connectivity index (χ0) is 77.1. The van der Waals surface area contributed by atoms with Gasteiger partial charge in [-0.3, -0.25) is 43.2 Å². The molecule has 0 saturated carbocycles. The molecule has 0 aliphatic carbocycles. The van der Waals surface area contributed by atoms with Gasteiger partial charge in [-0.15, -0.1) is 0 Å². The van der Waals surface area contributed by atoms with E-state index >= 15 is 0 Å². The van der Waals surface area contributed by atoms with Gasteiger partial charge in [0.1, 0.15) is 25.4 Å². The summed E-state index contributed by atoms with van der Waals surface area (Å²) in [4.78, 5) is 142. The average Bonchev–Trinajstić information content (AvgIpc) is 0.776. The summed E-state index contributed by atoms with van der Waals surface area (Å²) in [7, 11) is 0. The predicted molar refractivity (Wildman–Crippen MR) is 384 cm³/mol. The Bertz CT molecular complexity index is 2680. The molecular formula is C76H124N4O24. The number of nitrogens with zero attached hydrogens (tertiary/aromatic N) is 1. The SMILES string of the molecule is CCCCCCCCCCCCCCCCCNC(=O)OCC(C)(COC(=O)NCCCCCCCCCCCCCCCCC)/[N+]([O-])=C/c1ccc(CNC(=O)C(OC(C)=O)[C@@H](OC(C)=O)[C@@H](O[C@@H]2OC(COC(C)=O)[C@H](OC(C)=O)[C@H](OC(C)=O)C2OC(C)=O)C(COC(C)=O)OC(C)=O)cc1. The van der Waals surface area contributed by atoms with Crippen molar-refractivity contribution in [3.05, 3.63) is 40.6 Å². The highest BCUT2D eigenvalue weighted by Crippen LogP contribution is 2.33. The fraction of sp³-hybridized carbons (Fsp3) is 0.763. The molecule has 1 aliphatic heterocycles. The van der Waals surface area contributed by atoms with E-state index in [1.165, 1.54) is 179 Å². The Balaban J connectivity index is 2.41. The minimum atomic E-state index is -2.25. The lowest BCUT2D eigenvalue weighted by molar-refractivity contribution is -0.547. The number of unbranched alkanes of at least 4 members (excludes halogenated alkanes) is 28. The van der Waals surface area contributed by atoms with Crippen molar-refractivity contribution in [2.24, 2.45) is 0 Å². The number of hydrogen-bond donors (Lipinski definition) is 3. The van der Waals surface area contributed by atoms with Crippen molar-refractivity contribution in [1.29, 1.82) is 0 Å². The lowest BCUT2D eigenvalue weighted by Gasteiger charge is -2.46. The maximum Gasteiger partial charge on any atom is 0.407 e. The van der Waals surface area contributed by atoms with E-state index in [1.807, 2.05) is 0 Å². The largest absolute Gasteiger partial charge is 0.623 e. The van der Waals surface area contributed by atoms with Crippen molar-refractivity contribution >= 4 is 72.1 Å². The number of nitrogens with one attached hydrogen (secondary N) is 3. The molecule has 4 unspecified atom stereocenters. The standard InChI is InChI=1S/C76H124N4O24/c1-12-14-16-18-20-22-24-26-28-30-32-34-36-38-40-46-77-74(90)95-52-76(11,53-96-75(91)78-47-41-39-37-35-33-31-29-27-25-23-21-19-17-15-13-2)80(92)49-63-44-42-62(43-45-63)48-79-72(89)70(101-60(9)87)68(99-58(7)85)67(64(97-56(5)83)50-93-54(3)81)104-73-71(102-61(10)88)69(100-59(8)86)66(98-57(6)84)65(103-73)51-94-55(4)82/h42-45,49,64-71,73H,12-41,46-48,50-53H2,1-11H3,(H,77,90)(H,78,91)(H,79,89)/b80-49-/t64?,65?,66-,67-,68-,69-,70?,71?,73-/m0/s1. The van der Waals surface area contributed by atoms with Crippen LogP contribution in [0.2, 0.25) is 0 Å². The molecule has 0 radical (unpaired) electrons. The number of benzene rings is 1. The first-order valence-electron chi connectivity index (χ1n) is 37.8. The molecule has 28 heteroatoms. The molecule has 2 rings (SSSR count). The van der Waals surface area contributed by atoms with Gasteiger partial charge in [0.05, 0.1) is 0 Å².